The van der Waals surface area contributed by atoms with Gasteiger partial charge in [-0.05, 0) is 55.7 Å². The molecule has 0 unspecified atom stereocenters. The summed E-state index contributed by atoms with van der Waals surface area (Å²) in [5.74, 6) is 0.152. The van der Waals surface area contributed by atoms with Crippen molar-refractivity contribution in [1.82, 2.24) is 9.88 Å². The van der Waals surface area contributed by atoms with Gasteiger partial charge in [0.25, 0.3) is 5.56 Å². The Morgan fingerprint density at radius 2 is 1.90 bits per heavy atom. The number of aromatic nitrogens is 1. The van der Waals surface area contributed by atoms with Gasteiger partial charge in [0.15, 0.2) is 0 Å². The second-order valence-electron chi connectivity index (χ2n) is 8.75. The lowest BCUT2D eigenvalue weighted by Crippen LogP contribution is -2.52. The first-order valence-electron chi connectivity index (χ1n) is 10.9. The number of morpholine rings is 1. The van der Waals surface area contributed by atoms with Crippen LogP contribution in [0.15, 0.2) is 23.0 Å². The first kappa shape index (κ1) is 21.6. The summed E-state index contributed by atoms with van der Waals surface area (Å²) in [6.07, 6.45) is 2.47. The van der Waals surface area contributed by atoms with E-state index in [-0.39, 0.29) is 11.7 Å². The molecule has 2 aliphatic rings. The molecule has 0 atom stereocenters. The second kappa shape index (κ2) is 8.85. The number of pyridine rings is 1. The van der Waals surface area contributed by atoms with Crippen LogP contribution in [-0.2, 0) is 11.2 Å². The average molecular weight is 426 g/mol. The first-order valence-corrected chi connectivity index (χ1v) is 10.9. The molecule has 1 aromatic carbocycles. The maximum absolute atomic E-state index is 12.5. The summed E-state index contributed by atoms with van der Waals surface area (Å²) < 4.78 is 11.7. The van der Waals surface area contributed by atoms with Gasteiger partial charge in [-0.2, -0.15) is 0 Å². The smallest absolute Gasteiger partial charge is 0.251 e. The van der Waals surface area contributed by atoms with E-state index in [0.29, 0.717) is 29.3 Å². The number of carbonyl (C=O) groups excluding carboxylic acids is 1. The minimum absolute atomic E-state index is 0.101. The number of aryl methyl sites for hydroxylation is 2. The predicted octanol–water partition coefficient (Wildman–Crippen LogP) is 2.23. The van der Waals surface area contributed by atoms with E-state index in [9.17, 15) is 9.59 Å². The van der Waals surface area contributed by atoms with E-state index in [1.807, 2.05) is 32.9 Å². The number of hydrogen-bond acceptors (Lipinski definition) is 5. The van der Waals surface area contributed by atoms with Crippen molar-refractivity contribution < 1.29 is 14.3 Å². The molecule has 2 aromatic rings. The van der Waals surface area contributed by atoms with E-state index in [1.54, 1.807) is 6.07 Å². The largest absolute Gasteiger partial charge is 0.490 e. The number of nitrogens with one attached hydrogen (secondary N) is 1. The summed E-state index contributed by atoms with van der Waals surface area (Å²) in [7, 11) is 0. The van der Waals surface area contributed by atoms with Gasteiger partial charge >= 0.3 is 0 Å². The summed E-state index contributed by atoms with van der Waals surface area (Å²) in [6.45, 7) is 9.21. The summed E-state index contributed by atoms with van der Waals surface area (Å²) in [4.78, 5) is 29.9. The number of hydrogen-bond donors (Lipinski definition) is 2. The molecule has 166 valence electrons. The van der Waals surface area contributed by atoms with Crippen molar-refractivity contribution in [2.75, 3.05) is 26.3 Å². The lowest BCUT2D eigenvalue weighted by Gasteiger charge is -2.44. The highest BCUT2D eigenvalue weighted by molar-refractivity contribution is 5.95. The zero-order valence-electron chi connectivity index (χ0n) is 18.5. The molecule has 4 rings (SSSR count). The fourth-order valence-corrected chi connectivity index (χ4v) is 4.61. The van der Waals surface area contributed by atoms with Gasteiger partial charge in [-0.3, -0.25) is 14.5 Å². The molecule has 1 saturated heterocycles. The third kappa shape index (κ3) is 4.67. The highest BCUT2D eigenvalue weighted by atomic mass is 16.5. The summed E-state index contributed by atoms with van der Waals surface area (Å²) in [5.41, 5.74) is 10.1. The predicted molar refractivity (Wildman–Crippen MR) is 119 cm³/mol. The first-order chi connectivity index (χ1) is 14.8. The molecule has 31 heavy (non-hydrogen) atoms. The Morgan fingerprint density at radius 1 is 1.19 bits per heavy atom. The van der Waals surface area contributed by atoms with Crippen LogP contribution in [0, 0.1) is 20.8 Å². The normalized spacial score (nSPS) is 21.5. The van der Waals surface area contributed by atoms with Gasteiger partial charge in [0.2, 0.25) is 5.91 Å². The topological polar surface area (TPSA) is 97.6 Å². The molecule has 2 fully saturated rings. The maximum atomic E-state index is 12.5. The van der Waals surface area contributed by atoms with Crippen molar-refractivity contribution >= 4 is 5.91 Å². The SMILES string of the molecule is Cc1cc(C)c(Cc2cc(O[C@H]3C[C@H](N4CCOCC4)C3)cc(C(N)=O)c2C)c(=O)[nH]1. The van der Waals surface area contributed by atoms with E-state index in [2.05, 4.69) is 9.88 Å². The number of rotatable bonds is 6. The minimum Gasteiger partial charge on any atom is -0.490 e. The Hall–Kier alpha value is -2.64. The number of amides is 1. The highest BCUT2D eigenvalue weighted by Gasteiger charge is 2.36. The fourth-order valence-electron chi connectivity index (χ4n) is 4.61. The van der Waals surface area contributed by atoms with E-state index < -0.39 is 5.91 Å². The zero-order chi connectivity index (χ0) is 22.1. The van der Waals surface area contributed by atoms with Crippen LogP contribution in [0.3, 0.4) is 0 Å². The molecule has 1 aromatic heterocycles. The molecule has 1 aliphatic carbocycles. The Kier molecular flexibility index (Phi) is 6.16. The van der Waals surface area contributed by atoms with Crippen LogP contribution in [-0.4, -0.2) is 54.2 Å². The van der Waals surface area contributed by atoms with Crippen LogP contribution < -0.4 is 16.0 Å². The van der Waals surface area contributed by atoms with Gasteiger partial charge < -0.3 is 20.2 Å². The molecule has 1 aliphatic heterocycles. The summed E-state index contributed by atoms with van der Waals surface area (Å²) in [6, 6.07) is 6.17. The van der Waals surface area contributed by atoms with Crippen LogP contribution >= 0.6 is 0 Å². The molecule has 2 heterocycles. The van der Waals surface area contributed by atoms with Gasteiger partial charge in [-0.15, -0.1) is 0 Å². The van der Waals surface area contributed by atoms with Crippen molar-refractivity contribution in [3.05, 3.63) is 62.1 Å². The molecule has 3 N–H and O–H groups in total. The Balaban J connectivity index is 1.53. The van der Waals surface area contributed by atoms with Crippen molar-refractivity contribution in [2.45, 2.75) is 52.2 Å². The van der Waals surface area contributed by atoms with E-state index in [4.69, 9.17) is 15.2 Å². The van der Waals surface area contributed by atoms with Crippen molar-refractivity contribution in [1.29, 1.82) is 0 Å². The number of H-pyrrole nitrogens is 1. The number of nitrogens with two attached hydrogens (primary N) is 1. The Bertz CT molecular complexity index is 1030. The number of primary amides is 1. The Morgan fingerprint density at radius 3 is 2.55 bits per heavy atom. The van der Waals surface area contributed by atoms with Crippen molar-refractivity contribution in [3.8, 4) is 5.75 Å². The molecular weight excluding hydrogens is 394 g/mol. The number of nitrogens with zero attached hydrogens (tertiary/aromatic N) is 1. The van der Waals surface area contributed by atoms with Crippen LogP contribution in [0.25, 0.3) is 0 Å². The van der Waals surface area contributed by atoms with Gasteiger partial charge in [0.05, 0.1) is 13.2 Å². The van der Waals surface area contributed by atoms with E-state index >= 15 is 0 Å². The molecule has 0 bridgehead atoms. The lowest BCUT2D eigenvalue weighted by atomic mass is 9.87. The number of aromatic amines is 1. The lowest BCUT2D eigenvalue weighted by molar-refractivity contribution is -0.0373. The maximum Gasteiger partial charge on any atom is 0.251 e. The number of ether oxygens (including phenoxy) is 2. The van der Waals surface area contributed by atoms with Crippen LogP contribution in [0.2, 0.25) is 0 Å². The third-order valence-corrected chi connectivity index (χ3v) is 6.55. The molecule has 0 radical (unpaired) electrons. The monoisotopic (exact) mass is 425 g/mol. The van der Waals surface area contributed by atoms with Crippen LogP contribution in [0.1, 0.15) is 51.1 Å². The summed E-state index contributed by atoms with van der Waals surface area (Å²) >= 11 is 0. The van der Waals surface area contributed by atoms with E-state index in [1.165, 1.54) is 0 Å². The quantitative estimate of drug-likeness (QED) is 0.740. The standard InChI is InChI=1S/C24H31N3O4/c1-14-8-15(2)26-24(29)21(14)10-17-9-19(13-22(16(17)3)23(25)28)31-20-11-18(12-20)27-4-6-30-7-5-27/h8-9,13,18,20H,4-7,10-12H2,1-3H3,(H2,25,28)(H,26,29)/t18-,20-. The van der Waals surface area contributed by atoms with Gasteiger partial charge in [0.1, 0.15) is 11.9 Å². The third-order valence-electron chi connectivity index (χ3n) is 6.55. The van der Waals surface area contributed by atoms with Crippen molar-refractivity contribution in [3.63, 3.8) is 0 Å². The Labute approximate surface area is 182 Å². The molecule has 7 nitrogen and oxygen atoms in total. The van der Waals surface area contributed by atoms with Crippen LogP contribution in [0.4, 0.5) is 0 Å². The summed E-state index contributed by atoms with van der Waals surface area (Å²) in [5, 5.41) is 0. The zero-order valence-corrected chi connectivity index (χ0v) is 18.5. The average Bonchev–Trinajstić information content (AvgIpc) is 2.69. The van der Waals surface area contributed by atoms with Crippen LogP contribution in [0.5, 0.6) is 5.75 Å². The van der Waals surface area contributed by atoms with Crippen molar-refractivity contribution in [2.24, 2.45) is 5.73 Å². The molecule has 1 saturated carbocycles. The van der Waals surface area contributed by atoms with Gasteiger partial charge in [-0.25, -0.2) is 0 Å². The number of benzene rings is 1. The molecule has 0 spiro atoms. The fraction of sp³-hybridized carbons (Fsp3) is 0.500. The van der Waals surface area contributed by atoms with Gasteiger partial charge in [-0.1, -0.05) is 0 Å². The second-order valence-corrected chi connectivity index (χ2v) is 8.75. The minimum atomic E-state index is -0.487. The molecule has 1 amide bonds. The highest BCUT2D eigenvalue weighted by Crippen LogP contribution is 2.32. The van der Waals surface area contributed by atoms with Gasteiger partial charge in [0, 0.05) is 55.2 Å². The molecule has 7 heteroatoms. The number of carbonyl (C=O) groups is 1. The van der Waals surface area contributed by atoms with E-state index in [0.717, 1.165) is 61.5 Å². The molecular formula is C24H31N3O4.